The van der Waals surface area contributed by atoms with Crippen LogP contribution in [0.3, 0.4) is 0 Å². The first-order valence-corrected chi connectivity index (χ1v) is 28.4. The number of fused-ring (bicyclic) bond motifs is 2. The van der Waals surface area contributed by atoms with Gasteiger partial charge in [0.05, 0.1) is 0 Å². The molecular weight excluding hydrogens is 864 g/mol. The van der Waals surface area contributed by atoms with E-state index in [0.717, 1.165) is 38.2 Å². The average molecular weight is 959 g/mol. The molecule has 380 valence electrons. The maximum absolute atomic E-state index is 13.7. The van der Waals surface area contributed by atoms with Gasteiger partial charge < -0.3 is 0 Å². The van der Waals surface area contributed by atoms with E-state index in [9.17, 15) is 19.5 Å². The molecule has 0 aliphatic carbocycles. The zero-order valence-corrected chi connectivity index (χ0v) is 48.9. The average Bonchev–Trinajstić information content (AvgIpc) is 3.23. The third-order valence-corrected chi connectivity index (χ3v) is 22.2. The van der Waals surface area contributed by atoms with E-state index in [1.165, 1.54) is 16.7 Å². The molecule has 0 radical (unpaired) electrons. The number of ketones is 1. The molecule has 0 unspecified atom stereocenters. The number of Topliss-reactive ketones (excluding diaryl/α,β-unsaturated/α-hetero) is 1. The van der Waals surface area contributed by atoms with E-state index in [0.29, 0.717) is 34.4 Å². The summed E-state index contributed by atoms with van der Waals surface area (Å²) in [6.07, 6.45) is 0. The van der Waals surface area contributed by atoms with E-state index in [-0.39, 0.29) is 55.8 Å². The summed E-state index contributed by atoms with van der Waals surface area (Å²) in [5, 5.41) is 4.32. The molecular formula is C64H95O4P. The number of carbonyl (C=O) groups is 1. The van der Waals surface area contributed by atoms with Crippen molar-refractivity contribution in [2.75, 3.05) is 0 Å². The molecule has 4 nitrogen and oxygen atoms in total. The zero-order valence-electron chi connectivity index (χ0n) is 48.0. The van der Waals surface area contributed by atoms with Crippen LogP contribution in [-0.4, -0.2) is 20.5 Å². The van der Waals surface area contributed by atoms with E-state index in [2.05, 4.69) is 209 Å². The predicted molar refractivity (Wildman–Crippen MR) is 303 cm³/mol. The van der Waals surface area contributed by atoms with Crippen LogP contribution in [0.2, 0.25) is 0 Å². The third kappa shape index (κ3) is 9.69. The van der Waals surface area contributed by atoms with Crippen molar-refractivity contribution in [2.45, 2.75) is 206 Å². The number of carbonyl (C=O) groups excluding carboxylic acids is 1. The molecule has 0 amide bonds. The first-order valence-electron chi connectivity index (χ1n) is 26.3. The van der Waals surface area contributed by atoms with Crippen molar-refractivity contribution in [2.24, 2.45) is 35.5 Å². The number of benzene rings is 5. The third-order valence-electron chi connectivity index (χ3n) is 19.7. The fourth-order valence-corrected chi connectivity index (χ4v) is 12.0. The maximum atomic E-state index is 13.7. The van der Waals surface area contributed by atoms with E-state index in [4.69, 9.17) is 0 Å². The summed E-state index contributed by atoms with van der Waals surface area (Å²) in [5.41, 5.74) is 6.45. The Morgan fingerprint density at radius 3 is 1.12 bits per heavy atom. The summed E-state index contributed by atoms with van der Waals surface area (Å²) in [6.45, 7) is 55.8. The molecule has 5 heteroatoms. The van der Waals surface area contributed by atoms with Crippen molar-refractivity contribution in [3.8, 4) is 11.1 Å². The second-order valence-corrected chi connectivity index (χ2v) is 29.7. The SMILES string of the molecule is CC(=O)c1ccc(P(O)(O)(O)c2cc3c(C(C)(C)C(C)C)cc(C(C)(C)C(C)C)cc3cc2C(C)(C)C(C)C)c(-c2cc3c(C(C)(C)C(C)C)cc(C(C)(C)C(C)C)cc3cc2C(C)(C)C(C)C)c1. The van der Waals surface area contributed by atoms with Crippen molar-refractivity contribution in [3.05, 3.63) is 106 Å². The van der Waals surface area contributed by atoms with Crippen LogP contribution in [0.15, 0.2) is 66.7 Å². The first kappa shape index (κ1) is 56.5. The molecule has 0 saturated carbocycles. The topological polar surface area (TPSA) is 77.8 Å². The zero-order chi connectivity index (χ0) is 52.9. The molecule has 0 aliphatic heterocycles. The molecule has 3 N–H and O–H groups in total. The van der Waals surface area contributed by atoms with Crippen LogP contribution in [-0.2, 0) is 32.5 Å². The minimum absolute atomic E-state index is 0.0378. The minimum atomic E-state index is -6.17. The number of hydrogen-bond acceptors (Lipinski definition) is 4. The van der Waals surface area contributed by atoms with E-state index in [1.54, 1.807) is 19.1 Å². The second kappa shape index (κ2) is 18.3. The Bertz CT molecular complexity index is 2760. The summed E-state index contributed by atoms with van der Waals surface area (Å²) >= 11 is 0. The van der Waals surface area contributed by atoms with Gasteiger partial charge in [-0.25, -0.2) is 0 Å². The summed E-state index contributed by atoms with van der Waals surface area (Å²) < 4.78 is 0. The Labute approximate surface area is 420 Å². The Balaban J connectivity index is 2.11. The predicted octanol–water partition coefficient (Wildman–Crippen LogP) is 16.7. The molecule has 69 heavy (non-hydrogen) atoms. The van der Waals surface area contributed by atoms with Crippen LogP contribution in [0.1, 0.15) is 217 Å². The van der Waals surface area contributed by atoms with Crippen molar-refractivity contribution in [1.29, 1.82) is 0 Å². The van der Waals surface area contributed by atoms with Gasteiger partial charge in [-0.3, -0.25) is 0 Å². The molecule has 0 aromatic heterocycles. The van der Waals surface area contributed by atoms with Gasteiger partial charge in [0, 0.05) is 0 Å². The first-order chi connectivity index (χ1) is 31.1. The van der Waals surface area contributed by atoms with Crippen molar-refractivity contribution in [3.63, 3.8) is 0 Å². The fraction of sp³-hybridized carbons (Fsp3) is 0.578. The molecule has 0 atom stereocenters. The van der Waals surface area contributed by atoms with Gasteiger partial charge in [-0.15, -0.1) is 0 Å². The summed E-state index contributed by atoms with van der Waals surface area (Å²) in [4.78, 5) is 54.8. The monoisotopic (exact) mass is 959 g/mol. The van der Waals surface area contributed by atoms with Crippen LogP contribution >= 0.6 is 7.28 Å². The number of rotatable bonds is 16. The Kier molecular flexibility index (Phi) is 15.0. The second-order valence-electron chi connectivity index (χ2n) is 26.8. The van der Waals surface area contributed by atoms with Gasteiger partial charge in [0.25, 0.3) is 0 Å². The van der Waals surface area contributed by atoms with E-state index >= 15 is 0 Å². The molecule has 5 rings (SSSR count). The standard InChI is InChI=1S/C64H95O4P/c1-37(2)59(14,15)47-28-45-31-53(61(18,19)39(5)6)51(35-49(45)54(33-47)62(20,21)40(7)8)52-30-44(43(13)65)26-27-57(52)69(66,67,68)58-36-50-46(32-56(58)64(24,25)42(11)12)29-48(60(16,17)38(3)4)34-55(50)63(22,23)41(9)10/h26-42,66-68H,1-25H3. The fourth-order valence-electron chi connectivity index (χ4n) is 9.60. The Hall–Kier alpha value is -3.40. The van der Waals surface area contributed by atoms with E-state index in [1.807, 2.05) is 12.1 Å². The molecule has 0 aliphatic rings. The van der Waals surface area contributed by atoms with Crippen LogP contribution in [0, 0.1) is 35.5 Å². The molecule has 0 fully saturated rings. The van der Waals surface area contributed by atoms with Gasteiger partial charge in [0.15, 0.2) is 0 Å². The molecule has 0 bridgehead atoms. The van der Waals surface area contributed by atoms with Crippen molar-refractivity contribution < 1.29 is 19.5 Å². The summed E-state index contributed by atoms with van der Waals surface area (Å²) in [6, 6.07) is 23.2. The molecule has 5 aromatic rings. The quantitative estimate of drug-likeness (QED) is 0.0680. The normalized spacial score (nSPS) is 14.7. The van der Waals surface area contributed by atoms with Crippen LogP contribution in [0.5, 0.6) is 0 Å². The van der Waals surface area contributed by atoms with Gasteiger partial charge in [0.1, 0.15) is 0 Å². The van der Waals surface area contributed by atoms with Gasteiger partial charge in [-0.2, -0.15) is 0 Å². The number of hydrogen-bond donors (Lipinski definition) is 3. The molecule has 0 spiro atoms. The van der Waals surface area contributed by atoms with Gasteiger partial charge >= 0.3 is 423 Å². The van der Waals surface area contributed by atoms with Crippen LogP contribution < -0.4 is 10.6 Å². The summed E-state index contributed by atoms with van der Waals surface area (Å²) in [7, 11) is -6.17. The van der Waals surface area contributed by atoms with Crippen molar-refractivity contribution in [1.82, 2.24) is 0 Å². The van der Waals surface area contributed by atoms with Crippen LogP contribution in [0.4, 0.5) is 0 Å². The van der Waals surface area contributed by atoms with E-state index < -0.39 is 18.1 Å². The van der Waals surface area contributed by atoms with Crippen molar-refractivity contribution >= 4 is 45.2 Å². The summed E-state index contributed by atoms with van der Waals surface area (Å²) in [5.74, 6) is 1.41. The molecule has 0 heterocycles. The van der Waals surface area contributed by atoms with Crippen LogP contribution in [0.25, 0.3) is 32.7 Å². The Morgan fingerprint density at radius 2 is 0.739 bits per heavy atom. The van der Waals surface area contributed by atoms with Gasteiger partial charge in [0.2, 0.25) is 0 Å². The Morgan fingerprint density at radius 1 is 0.391 bits per heavy atom. The molecule has 0 saturated heterocycles. The molecule has 5 aromatic carbocycles. The van der Waals surface area contributed by atoms with Gasteiger partial charge in [-0.05, 0) is 0 Å². The van der Waals surface area contributed by atoms with Gasteiger partial charge in [-0.1, -0.05) is 0 Å².